The van der Waals surface area contributed by atoms with Crippen LogP contribution in [0.15, 0.2) is 30.9 Å². The molecule has 3 aromatic rings. The van der Waals surface area contributed by atoms with E-state index in [1.165, 1.54) is 0 Å². The van der Waals surface area contributed by atoms with E-state index >= 15 is 0 Å². The molecule has 0 amide bonds. The number of imidazole rings is 1. The fourth-order valence-corrected chi connectivity index (χ4v) is 1.96. The van der Waals surface area contributed by atoms with Gasteiger partial charge in [-0.1, -0.05) is 0 Å². The number of nitrogen functional groups attached to an aromatic ring is 1. The molecule has 0 aliphatic rings. The molecule has 0 unspecified atom stereocenters. The number of hydrogen-bond acceptors (Lipinski definition) is 6. The van der Waals surface area contributed by atoms with Crippen molar-refractivity contribution in [3.05, 3.63) is 30.9 Å². The minimum atomic E-state index is 0.375. The highest BCUT2D eigenvalue weighted by molar-refractivity contribution is 5.91. The van der Waals surface area contributed by atoms with Crippen molar-refractivity contribution in [2.24, 2.45) is 0 Å². The number of fused-ring (bicyclic) bond motifs is 1. The van der Waals surface area contributed by atoms with Gasteiger partial charge in [0, 0.05) is 23.8 Å². The molecule has 3 rings (SSSR count). The lowest BCUT2D eigenvalue weighted by molar-refractivity contribution is 0.356. The maximum absolute atomic E-state index is 6.00. The summed E-state index contributed by atoms with van der Waals surface area (Å²) in [6.45, 7) is 0. The number of methoxy groups -OCH3 is 2. The minimum absolute atomic E-state index is 0.375. The zero-order chi connectivity index (χ0) is 14.1. The molecule has 2 heterocycles. The second kappa shape index (κ2) is 4.69. The van der Waals surface area contributed by atoms with Gasteiger partial charge in [0.2, 0.25) is 5.95 Å². The SMILES string of the molecule is COc1cc2nc(-n3ccnc3)nc(N)c2cc1OC. The molecule has 7 nitrogen and oxygen atoms in total. The highest BCUT2D eigenvalue weighted by Gasteiger charge is 2.12. The number of anilines is 1. The van der Waals surface area contributed by atoms with Crippen LogP contribution in [-0.2, 0) is 0 Å². The maximum Gasteiger partial charge on any atom is 0.237 e. The maximum atomic E-state index is 6.00. The summed E-state index contributed by atoms with van der Waals surface area (Å²) in [5.41, 5.74) is 6.68. The van der Waals surface area contributed by atoms with Crippen molar-refractivity contribution in [3.63, 3.8) is 0 Å². The van der Waals surface area contributed by atoms with Crippen LogP contribution in [-0.4, -0.2) is 33.7 Å². The van der Waals surface area contributed by atoms with Crippen LogP contribution in [0.5, 0.6) is 11.5 Å². The molecule has 0 spiro atoms. The predicted octanol–water partition coefficient (Wildman–Crippen LogP) is 1.41. The second-order valence-corrected chi connectivity index (χ2v) is 4.10. The first-order valence-corrected chi connectivity index (χ1v) is 5.90. The molecule has 2 N–H and O–H groups in total. The third kappa shape index (κ3) is 1.89. The van der Waals surface area contributed by atoms with Crippen LogP contribution in [0, 0.1) is 0 Å². The first kappa shape index (κ1) is 12.2. The molecule has 0 bridgehead atoms. The van der Waals surface area contributed by atoms with Crippen molar-refractivity contribution in [2.75, 3.05) is 20.0 Å². The van der Waals surface area contributed by atoms with E-state index < -0.39 is 0 Å². The molecular formula is C13H13N5O2. The third-order valence-electron chi connectivity index (χ3n) is 2.95. The Morgan fingerprint density at radius 3 is 2.50 bits per heavy atom. The highest BCUT2D eigenvalue weighted by atomic mass is 16.5. The number of benzene rings is 1. The largest absolute Gasteiger partial charge is 0.493 e. The molecule has 0 atom stereocenters. The molecule has 1 aromatic carbocycles. The molecule has 20 heavy (non-hydrogen) atoms. The van der Waals surface area contributed by atoms with Crippen LogP contribution in [0.25, 0.3) is 16.9 Å². The Morgan fingerprint density at radius 2 is 1.85 bits per heavy atom. The van der Waals surface area contributed by atoms with Crippen molar-refractivity contribution in [3.8, 4) is 17.4 Å². The van der Waals surface area contributed by atoms with Crippen LogP contribution >= 0.6 is 0 Å². The standard InChI is InChI=1S/C13H13N5O2/c1-19-10-5-8-9(6-11(10)20-2)16-13(17-12(8)14)18-4-3-15-7-18/h3-7H,1-2H3,(H2,14,16,17). The number of nitrogens with zero attached hydrogens (tertiary/aromatic N) is 4. The molecular weight excluding hydrogens is 258 g/mol. The average Bonchev–Trinajstić information content (AvgIpc) is 3.00. The molecule has 0 aliphatic heterocycles. The van der Waals surface area contributed by atoms with E-state index in [9.17, 15) is 0 Å². The summed E-state index contributed by atoms with van der Waals surface area (Å²) in [5, 5.41) is 0.714. The Bertz CT molecular complexity index is 755. The van der Waals surface area contributed by atoms with Gasteiger partial charge < -0.3 is 15.2 Å². The van der Waals surface area contributed by atoms with Crippen LogP contribution in [0.2, 0.25) is 0 Å². The monoisotopic (exact) mass is 271 g/mol. The van der Waals surface area contributed by atoms with Gasteiger partial charge in [-0.3, -0.25) is 4.57 Å². The molecule has 0 radical (unpaired) electrons. The first-order valence-electron chi connectivity index (χ1n) is 5.90. The number of rotatable bonds is 3. The van der Waals surface area contributed by atoms with Gasteiger partial charge in [0.25, 0.3) is 0 Å². The molecule has 102 valence electrons. The van der Waals surface area contributed by atoms with Gasteiger partial charge in [0.05, 0.1) is 19.7 Å². The van der Waals surface area contributed by atoms with Gasteiger partial charge in [-0.25, -0.2) is 9.97 Å². The van der Waals surface area contributed by atoms with Crippen molar-refractivity contribution < 1.29 is 9.47 Å². The summed E-state index contributed by atoms with van der Waals surface area (Å²) in [5.74, 6) is 2.01. The molecule has 2 aromatic heterocycles. The molecule has 0 aliphatic carbocycles. The Kier molecular flexibility index (Phi) is 2.86. The lowest BCUT2D eigenvalue weighted by Gasteiger charge is -2.11. The normalized spacial score (nSPS) is 10.7. The number of aromatic nitrogens is 4. The van der Waals surface area contributed by atoms with E-state index in [0.29, 0.717) is 34.2 Å². The Labute approximate surface area is 115 Å². The van der Waals surface area contributed by atoms with Gasteiger partial charge in [0.1, 0.15) is 12.1 Å². The summed E-state index contributed by atoms with van der Waals surface area (Å²) in [4.78, 5) is 12.7. The lowest BCUT2D eigenvalue weighted by atomic mass is 10.2. The van der Waals surface area contributed by atoms with Crippen molar-refractivity contribution in [2.45, 2.75) is 0 Å². The van der Waals surface area contributed by atoms with Gasteiger partial charge in [-0.15, -0.1) is 0 Å². The van der Waals surface area contributed by atoms with Gasteiger partial charge in [-0.2, -0.15) is 4.98 Å². The van der Waals surface area contributed by atoms with Crippen LogP contribution in [0.3, 0.4) is 0 Å². The lowest BCUT2D eigenvalue weighted by Crippen LogP contribution is -2.03. The number of hydrogen-bond donors (Lipinski definition) is 1. The zero-order valence-electron chi connectivity index (χ0n) is 11.1. The van der Waals surface area contributed by atoms with E-state index in [2.05, 4.69) is 15.0 Å². The van der Waals surface area contributed by atoms with E-state index in [4.69, 9.17) is 15.2 Å². The van der Waals surface area contributed by atoms with E-state index in [1.54, 1.807) is 49.6 Å². The van der Waals surface area contributed by atoms with Crippen molar-refractivity contribution >= 4 is 16.7 Å². The number of nitrogens with two attached hydrogens (primary N) is 1. The first-order chi connectivity index (χ1) is 9.72. The van der Waals surface area contributed by atoms with Crippen molar-refractivity contribution in [1.82, 2.24) is 19.5 Å². The smallest absolute Gasteiger partial charge is 0.237 e. The van der Waals surface area contributed by atoms with Crippen molar-refractivity contribution in [1.29, 1.82) is 0 Å². The van der Waals surface area contributed by atoms with E-state index in [0.717, 1.165) is 0 Å². The van der Waals surface area contributed by atoms with Crippen LogP contribution < -0.4 is 15.2 Å². The summed E-state index contributed by atoms with van der Waals surface area (Å²) >= 11 is 0. The molecule has 0 saturated heterocycles. The Morgan fingerprint density at radius 1 is 1.10 bits per heavy atom. The topological polar surface area (TPSA) is 88.1 Å². The van der Waals surface area contributed by atoms with E-state index in [-0.39, 0.29) is 0 Å². The summed E-state index contributed by atoms with van der Waals surface area (Å²) < 4.78 is 12.2. The summed E-state index contributed by atoms with van der Waals surface area (Å²) in [6, 6.07) is 3.54. The Balaban J connectivity index is 2.25. The van der Waals surface area contributed by atoms with Gasteiger partial charge >= 0.3 is 0 Å². The molecule has 7 heteroatoms. The fraction of sp³-hybridized carbons (Fsp3) is 0.154. The third-order valence-corrected chi connectivity index (χ3v) is 2.95. The molecule has 0 fully saturated rings. The highest BCUT2D eigenvalue weighted by Crippen LogP contribution is 2.33. The van der Waals surface area contributed by atoms with Crippen LogP contribution in [0.1, 0.15) is 0 Å². The summed E-state index contributed by atoms with van der Waals surface area (Å²) in [7, 11) is 3.14. The van der Waals surface area contributed by atoms with Gasteiger partial charge in [-0.05, 0) is 6.07 Å². The quantitative estimate of drug-likeness (QED) is 0.775. The second-order valence-electron chi connectivity index (χ2n) is 4.10. The molecule has 0 saturated carbocycles. The zero-order valence-corrected chi connectivity index (χ0v) is 11.1. The average molecular weight is 271 g/mol. The van der Waals surface area contributed by atoms with E-state index in [1.807, 2.05) is 0 Å². The minimum Gasteiger partial charge on any atom is -0.493 e. The Hall–Kier alpha value is -2.83. The van der Waals surface area contributed by atoms with Crippen LogP contribution in [0.4, 0.5) is 5.82 Å². The predicted molar refractivity (Wildman–Crippen MR) is 74.2 cm³/mol. The van der Waals surface area contributed by atoms with Gasteiger partial charge in [0.15, 0.2) is 11.5 Å². The number of ether oxygens (including phenoxy) is 2. The summed E-state index contributed by atoms with van der Waals surface area (Å²) in [6.07, 6.45) is 5.01. The fourth-order valence-electron chi connectivity index (χ4n) is 1.96.